The zero-order valence-corrected chi connectivity index (χ0v) is 22.4. The molecule has 0 aliphatic carbocycles. The van der Waals surface area contributed by atoms with Crippen LogP contribution in [0, 0.1) is 0 Å². The molecular weight excluding hydrogens is 506 g/mol. The molecule has 0 bridgehead atoms. The molecular formula is C25H32ClN3O6S. The molecule has 11 heteroatoms. The molecule has 2 amide bonds. The number of benzene rings is 2. The maximum absolute atomic E-state index is 13.7. The molecule has 1 aliphatic rings. The Kier molecular flexibility index (Phi) is 9.08. The van der Waals surface area contributed by atoms with E-state index in [1.165, 1.54) is 17.9 Å². The lowest BCUT2D eigenvalue weighted by atomic mass is 10.1. The maximum atomic E-state index is 13.7. The summed E-state index contributed by atoms with van der Waals surface area (Å²) in [5, 5.41) is 3.33. The number of nitrogens with zero attached hydrogens (tertiary/aromatic N) is 2. The van der Waals surface area contributed by atoms with Crippen molar-refractivity contribution < 1.29 is 27.5 Å². The summed E-state index contributed by atoms with van der Waals surface area (Å²) in [6.45, 7) is 6.51. The van der Waals surface area contributed by atoms with E-state index in [9.17, 15) is 18.0 Å². The predicted molar refractivity (Wildman–Crippen MR) is 139 cm³/mol. The van der Waals surface area contributed by atoms with Crippen molar-refractivity contribution in [3.8, 4) is 11.5 Å². The van der Waals surface area contributed by atoms with E-state index in [1.54, 1.807) is 43.3 Å². The van der Waals surface area contributed by atoms with Gasteiger partial charge in [0.1, 0.15) is 12.6 Å². The fourth-order valence-corrected chi connectivity index (χ4v) is 4.87. The summed E-state index contributed by atoms with van der Waals surface area (Å²) < 4.78 is 37.8. The number of sulfonamides is 1. The van der Waals surface area contributed by atoms with Gasteiger partial charge in [-0.2, -0.15) is 0 Å². The standard InChI is InChI=1S/C25H32ClN3O6S/c1-5-17(3)27-25(31)18(4)28(14-19-9-7-8-10-21(19)26)24(30)15-29(36(32,33)6-2)20-11-12-22-23(13-20)35-16-34-22/h7-13,17-18H,5-6,14-16H2,1-4H3,(H,27,31)/t17-,18+/m1/s1. The molecule has 0 saturated carbocycles. The van der Waals surface area contributed by atoms with Crippen LogP contribution in [0.4, 0.5) is 5.69 Å². The molecule has 2 atom stereocenters. The predicted octanol–water partition coefficient (Wildman–Crippen LogP) is 3.56. The molecule has 1 N–H and O–H groups in total. The van der Waals surface area contributed by atoms with Gasteiger partial charge in [-0.25, -0.2) is 8.42 Å². The van der Waals surface area contributed by atoms with Crippen LogP contribution < -0.4 is 19.1 Å². The van der Waals surface area contributed by atoms with Gasteiger partial charge < -0.3 is 19.7 Å². The van der Waals surface area contributed by atoms with Crippen molar-refractivity contribution in [2.24, 2.45) is 0 Å². The summed E-state index contributed by atoms with van der Waals surface area (Å²) in [6, 6.07) is 10.8. The molecule has 1 heterocycles. The number of anilines is 1. The second-order valence-corrected chi connectivity index (χ2v) is 11.1. The lowest BCUT2D eigenvalue weighted by Crippen LogP contribution is -2.52. The highest BCUT2D eigenvalue weighted by Gasteiger charge is 2.32. The first-order chi connectivity index (χ1) is 17.1. The molecule has 2 aromatic carbocycles. The summed E-state index contributed by atoms with van der Waals surface area (Å²) in [4.78, 5) is 28.0. The monoisotopic (exact) mass is 537 g/mol. The van der Waals surface area contributed by atoms with Crippen LogP contribution in [0.5, 0.6) is 11.5 Å². The molecule has 36 heavy (non-hydrogen) atoms. The quantitative estimate of drug-likeness (QED) is 0.470. The van der Waals surface area contributed by atoms with Gasteiger partial charge in [0.05, 0.1) is 11.4 Å². The van der Waals surface area contributed by atoms with Gasteiger partial charge in [-0.1, -0.05) is 36.7 Å². The van der Waals surface area contributed by atoms with E-state index < -0.39 is 28.5 Å². The van der Waals surface area contributed by atoms with Gasteiger partial charge in [0.25, 0.3) is 0 Å². The van der Waals surface area contributed by atoms with E-state index >= 15 is 0 Å². The number of carbonyl (C=O) groups is 2. The highest BCUT2D eigenvalue weighted by Crippen LogP contribution is 2.36. The molecule has 9 nitrogen and oxygen atoms in total. The average Bonchev–Trinajstić information content (AvgIpc) is 3.34. The number of rotatable bonds is 11. The lowest BCUT2D eigenvalue weighted by Gasteiger charge is -2.32. The summed E-state index contributed by atoms with van der Waals surface area (Å²) in [5.41, 5.74) is 0.910. The van der Waals surface area contributed by atoms with Crippen LogP contribution in [-0.4, -0.2) is 56.3 Å². The van der Waals surface area contributed by atoms with Gasteiger partial charge in [0.2, 0.25) is 28.6 Å². The van der Waals surface area contributed by atoms with Crippen LogP contribution in [-0.2, 0) is 26.2 Å². The number of fused-ring (bicyclic) bond motifs is 1. The van der Waals surface area contributed by atoms with Gasteiger partial charge in [0.15, 0.2) is 11.5 Å². The first-order valence-electron chi connectivity index (χ1n) is 11.8. The summed E-state index contributed by atoms with van der Waals surface area (Å²) in [5.74, 6) is -0.210. The fourth-order valence-electron chi connectivity index (χ4n) is 3.62. The number of nitrogens with one attached hydrogen (secondary N) is 1. The molecule has 0 aromatic heterocycles. The van der Waals surface area contributed by atoms with E-state index in [2.05, 4.69) is 5.32 Å². The molecule has 0 fully saturated rings. The second-order valence-electron chi connectivity index (χ2n) is 8.55. The van der Waals surface area contributed by atoms with Crippen molar-refractivity contribution in [1.82, 2.24) is 10.2 Å². The highest BCUT2D eigenvalue weighted by molar-refractivity contribution is 7.92. The second kappa shape index (κ2) is 11.8. The van der Waals surface area contributed by atoms with Crippen LogP contribution in [0.2, 0.25) is 5.02 Å². The minimum absolute atomic E-state index is 0.0344. The third-order valence-corrected chi connectivity index (χ3v) is 8.20. The number of hydrogen-bond donors (Lipinski definition) is 1. The van der Waals surface area contributed by atoms with Crippen molar-refractivity contribution in [3.63, 3.8) is 0 Å². The van der Waals surface area contributed by atoms with Crippen molar-refractivity contribution in [2.45, 2.75) is 52.7 Å². The number of amides is 2. The molecule has 196 valence electrons. The van der Waals surface area contributed by atoms with Gasteiger partial charge in [-0.05, 0) is 51.0 Å². The molecule has 3 rings (SSSR count). The lowest BCUT2D eigenvalue weighted by molar-refractivity contribution is -0.139. The van der Waals surface area contributed by atoms with Crippen molar-refractivity contribution in [1.29, 1.82) is 0 Å². The van der Waals surface area contributed by atoms with Crippen LogP contribution in [0.1, 0.15) is 39.7 Å². The Bertz CT molecular complexity index is 1210. The zero-order chi connectivity index (χ0) is 26.5. The van der Waals surface area contributed by atoms with Gasteiger partial charge in [-0.3, -0.25) is 13.9 Å². The first kappa shape index (κ1) is 27.6. The minimum Gasteiger partial charge on any atom is -0.454 e. The Morgan fingerprint density at radius 3 is 2.44 bits per heavy atom. The number of ether oxygens (including phenoxy) is 2. The molecule has 0 unspecified atom stereocenters. The number of hydrogen-bond acceptors (Lipinski definition) is 6. The van der Waals surface area contributed by atoms with Gasteiger partial charge in [-0.15, -0.1) is 0 Å². The van der Waals surface area contributed by atoms with Crippen LogP contribution >= 0.6 is 11.6 Å². The summed E-state index contributed by atoms with van der Waals surface area (Å²) >= 11 is 6.34. The van der Waals surface area contributed by atoms with Crippen LogP contribution in [0.15, 0.2) is 42.5 Å². The van der Waals surface area contributed by atoms with Gasteiger partial charge >= 0.3 is 0 Å². The summed E-state index contributed by atoms with van der Waals surface area (Å²) in [6.07, 6.45) is 0.726. The summed E-state index contributed by atoms with van der Waals surface area (Å²) in [7, 11) is -3.85. The Morgan fingerprint density at radius 2 is 1.78 bits per heavy atom. The van der Waals surface area contributed by atoms with E-state index in [-0.39, 0.29) is 36.7 Å². The van der Waals surface area contributed by atoms with Crippen molar-refractivity contribution in [2.75, 3.05) is 23.4 Å². The average molecular weight is 538 g/mol. The zero-order valence-electron chi connectivity index (χ0n) is 20.9. The van der Waals surface area contributed by atoms with Crippen molar-refractivity contribution in [3.05, 3.63) is 53.1 Å². The Hall–Kier alpha value is -2.98. The third kappa shape index (κ3) is 6.41. The minimum atomic E-state index is -3.85. The Morgan fingerprint density at radius 1 is 1.08 bits per heavy atom. The molecule has 1 aliphatic heterocycles. The Labute approximate surface area is 217 Å². The highest BCUT2D eigenvalue weighted by atomic mass is 35.5. The van der Waals surface area contributed by atoms with E-state index in [4.69, 9.17) is 21.1 Å². The maximum Gasteiger partial charge on any atom is 0.244 e. The first-order valence-corrected chi connectivity index (χ1v) is 13.8. The van der Waals surface area contributed by atoms with E-state index in [0.29, 0.717) is 22.1 Å². The normalized spacial score (nSPS) is 14.1. The van der Waals surface area contributed by atoms with Crippen LogP contribution in [0.3, 0.4) is 0 Å². The molecule has 0 saturated heterocycles. The van der Waals surface area contributed by atoms with Crippen molar-refractivity contribution >= 4 is 39.1 Å². The SMILES string of the molecule is CC[C@@H](C)NC(=O)[C@H](C)N(Cc1ccccc1Cl)C(=O)CN(c1ccc2c(c1)OCO2)S(=O)(=O)CC. The smallest absolute Gasteiger partial charge is 0.244 e. The number of halogens is 1. The molecule has 0 radical (unpaired) electrons. The largest absolute Gasteiger partial charge is 0.454 e. The van der Waals surface area contributed by atoms with E-state index in [1.807, 2.05) is 13.8 Å². The fraction of sp³-hybridized carbons (Fsp3) is 0.440. The molecule has 2 aromatic rings. The Balaban J connectivity index is 1.95. The topological polar surface area (TPSA) is 105 Å². The molecule has 0 spiro atoms. The van der Waals surface area contributed by atoms with Gasteiger partial charge in [0, 0.05) is 23.7 Å². The van der Waals surface area contributed by atoms with E-state index in [0.717, 1.165) is 10.7 Å². The third-order valence-electron chi connectivity index (χ3n) is 6.09. The van der Waals surface area contributed by atoms with Crippen LogP contribution in [0.25, 0.3) is 0 Å². The number of carbonyl (C=O) groups excluding carboxylic acids is 2.